The molecule has 144 valence electrons. The van der Waals surface area contributed by atoms with Gasteiger partial charge in [-0.2, -0.15) is 5.10 Å². The molecule has 4 rings (SSSR count). The molecule has 2 aromatic carbocycles. The van der Waals surface area contributed by atoms with Crippen LogP contribution in [-0.4, -0.2) is 34.7 Å². The molecule has 0 spiro atoms. The van der Waals surface area contributed by atoms with Gasteiger partial charge >= 0.3 is 0 Å². The Kier molecular flexibility index (Phi) is 5.63. The highest BCUT2D eigenvalue weighted by Gasteiger charge is 2.15. The summed E-state index contributed by atoms with van der Waals surface area (Å²) in [5.74, 6) is -0.427. The number of hydrogen-bond donors (Lipinski definition) is 1. The van der Waals surface area contributed by atoms with Gasteiger partial charge in [-0.25, -0.2) is 8.78 Å². The molecular formula is C23H23F2N3. The molecule has 1 aromatic heterocycles. The fourth-order valence-corrected chi connectivity index (χ4v) is 3.69. The van der Waals surface area contributed by atoms with E-state index in [2.05, 4.69) is 21.2 Å². The Labute approximate surface area is 163 Å². The van der Waals surface area contributed by atoms with E-state index in [0.717, 1.165) is 61.3 Å². The van der Waals surface area contributed by atoms with E-state index in [-0.39, 0.29) is 11.6 Å². The maximum absolute atomic E-state index is 13.3. The molecule has 1 aliphatic rings. The van der Waals surface area contributed by atoms with Gasteiger partial charge in [0.2, 0.25) is 0 Å². The van der Waals surface area contributed by atoms with Gasteiger partial charge in [-0.05, 0) is 66.8 Å². The second kappa shape index (κ2) is 8.48. The number of halogens is 2. The Balaban J connectivity index is 1.33. The van der Waals surface area contributed by atoms with Gasteiger partial charge in [0.1, 0.15) is 11.6 Å². The van der Waals surface area contributed by atoms with E-state index in [0.29, 0.717) is 0 Å². The summed E-state index contributed by atoms with van der Waals surface area (Å²) in [6.07, 6.45) is 6.88. The van der Waals surface area contributed by atoms with Gasteiger partial charge < -0.3 is 4.90 Å². The van der Waals surface area contributed by atoms with E-state index in [4.69, 9.17) is 0 Å². The topological polar surface area (TPSA) is 31.9 Å². The molecule has 0 aliphatic carbocycles. The monoisotopic (exact) mass is 379 g/mol. The summed E-state index contributed by atoms with van der Waals surface area (Å²) in [6, 6.07) is 13.2. The van der Waals surface area contributed by atoms with Crippen molar-refractivity contribution >= 4 is 6.08 Å². The Morgan fingerprint density at radius 1 is 1.00 bits per heavy atom. The minimum Gasteiger partial charge on any atom is -0.302 e. The van der Waals surface area contributed by atoms with E-state index in [1.54, 1.807) is 24.3 Å². The molecule has 0 unspecified atom stereocenters. The minimum atomic E-state index is -0.236. The zero-order valence-electron chi connectivity index (χ0n) is 15.7. The lowest BCUT2D eigenvalue weighted by molar-refractivity contribution is 0.260. The third-order valence-corrected chi connectivity index (χ3v) is 5.27. The molecule has 0 radical (unpaired) electrons. The summed E-state index contributed by atoms with van der Waals surface area (Å²) in [7, 11) is 0. The zero-order chi connectivity index (χ0) is 19.3. The molecule has 1 aliphatic heterocycles. The summed E-state index contributed by atoms with van der Waals surface area (Å²) < 4.78 is 26.5. The van der Waals surface area contributed by atoms with Gasteiger partial charge in [0.25, 0.3) is 0 Å². The number of likely N-dealkylation sites (tertiary alicyclic amines) is 1. The molecule has 28 heavy (non-hydrogen) atoms. The van der Waals surface area contributed by atoms with Crippen molar-refractivity contribution in [2.45, 2.75) is 19.3 Å². The molecule has 3 nitrogen and oxygen atoms in total. The quantitative estimate of drug-likeness (QED) is 0.671. The lowest BCUT2D eigenvalue weighted by Crippen LogP contribution is -2.32. The second-order valence-corrected chi connectivity index (χ2v) is 7.23. The van der Waals surface area contributed by atoms with Crippen molar-refractivity contribution in [3.8, 4) is 11.3 Å². The van der Waals surface area contributed by atoms with Crippen LogP contribution in [0.4, 0.5) is 8.78 Å². The first-order valence-corrected chi connectivity index (χ1v) is 9.63. The third kappa shape index (κ3) is 4.54. The summed E-state index contributed by atoms with van der Waals surface area (Å²) in [4.78, 5) is 2.45. The van der Waals surface area contributed by atoms with Crippen LogP contribution < -0.4 is 0 Å². The van der Waals surface area contributed by atoms with E-state index < -0.39 is 0 Å². The number of nitrogens with zero attached hydrogens (tertiary/aromatic N) is 2. The normalized spacial score (nSPS) is 15.0. The van der Waals surface area contributed by atoms with Crippen LogP contribution in [0.5, 0.6) is 0 Å². The zero-order valence-corrected chi connectivity index (χ0v) is 15.7. The Morgan fingerprint density at radius 3 is 2.54 bits per heavy atom. The van der Waals surface area contributed by atoms with Crippen molar-refractivity contribution in [3.63, 3.8) is 0 Å². The molecule has 5 heteroatoms. The lowest BCUT2D eigenvalue weighted by atomic mass is 10.00. The predicted molar refractivity (Wildman–Crippen MR) is 108 cm³/mol. The summed E-state index contributed by atoms with van der Waals surface area (Å²) in [5.41, 5.74) is 5.37. The summed E-state index contributed by atoms with van der Waals surface area (Å²) in [6.45, 7) is 2.97. The van der Waals surface area contributed by atoms with Gasteiger partial charge in [-0.1, -0.05) is 23.8 Å². The molecule has 0 saturated carbocycles. The average molecular weight is 379 g/mol. The van der Waals surface area contributed by atoms with Crippen molar-refractivity contribution in [2.75, 3.05) is 19.6 Å². The molecule has 2 heterocycles. The van der Waals surface area contributed by atoms with Crippen LogP contribution in [-0.2, 0) is 6.42 Å². The molecule has 1 N–H and O–H groups in total. The SMILES string of the molecule is Fc1ccc(-c2[nH]ncc2CCN2CCC(=Cc3cccc(F)c3)CC2)cc1. The Bertz CT molecular complexity index is 950. The highest BCUT2D eigenvalue weighted by molar-refractivity contribution is 5.62. The maximum Gasteiger partial charge on any atom is 0.123 e. The number of aromatic nitrogens is 2. The molecule has 0 amide bonds. The molecule has 3 aromatic rings. The molecule has 0 atom stereocenters. The van der Waals surface area contributed by atoms with Crippen molar-refractivity contribution in [2.24, 2.45) is 0 Å². The molecule has 1 fully saturated rings. The number of aromatic amines is 1. The molecule has 1 saturated heterocycles. The van der Waals surface area contributed by atoms with Crippen molar-refractivity contribution in [1.82, 2.24) is 15.1 Å². The fourth-order valence-electron chi connectivity index (χ4n) is 3.69. The highest BCUT2D eigenvalue weighted by atomic mass is 19.1. The number of nitrogens with one attached hydrogen (secondary N) is 1. The fraction of sp³-hybridized carbons (Fsp3) is 0.261. The van der Waals surface area contributed by atoms with Crippen LogP contribution in [0.3, 0.4) is 0 Å². The van der Waals surface area contributed by atoms with Gasteiger partial charge in [-0.15, -0.1) is 0 Å². The number of hydrogen-bond acceptors (Lipinski definition) is 2. The minimum absolute atomic E-state index is 0.191. The van der Waals surface area contributed by atoms with Crippen LogP contribution in [0.15, 0.2) is 60.3 Å². The first kappa shape index (κ1) is 18.6. The van der Waals surface area contributed by atoms with E-state index >= 15 is 0 Å². The van der Waals surface area contributed by atoms with E-state index in [1.165, 1.54) is 23.8 Å². The number of piperidine rings is 1. The van der Waals surface area contributed by atoms with E-state index in [9.17, 15) is 8.78 Å². The van der Waals surface area contributed by atoms with Crippen LogP contribution in [0, 0.1) is 11.6 Å². The van der Waals surface area contributed by atoms with Gasteiger partial charge in [0.15, 0.2) is 0 Å². The first-order chi connectivity index (χ1) is 13.7. The average Bonchev–Trinajstić information content (AvgIpc) is 3.17. The first-order valence-electron chi connectivity index (χ1n) is 9.63. The molecular weight excluding hydrogens is 356 g/mol. The Morgan fingerprint density at radius 2 is 1.79 bits per heavy atom. The largest absolute Gasteiger partial charge is 0.302 e. The van der Waals surface area contributed by atoms with Gasteiger partial charge in [0.05, 0.1) is 11.9 Å². The van der Waals surface area contributed by atoms with Crippen LogP contribution in [0.1, 0.15) is 24.0 Å². The third-order valence-electron chi connectivity index (χ3n) is 5.27. The van der Waals surface area contributed by atoms with Crippen molar-refractivity contribution < 1.29 is 8.78 Å². The Hall–Kier alpha value is -2.79. The van der Waals surface area contributed by atoms with Crippen LogP contribution in [0.25, 0.3) is 17.3 Å². The van der Waals surface area contributed by atoms with Gasteiger partial charge in [-0.3, -0.25) is 5.10 Å². The summed E-state index contributed by atoms with van der Waals surface area (Å²) >= 11 is 0. The van der Waals surface area contributed by atoms with Gasteiger partial charge in [0, 0.05) is 25.2 Å². The molecule has 0 bridgehead atoms. The standard InChI is InChI=1S/C23H23F2N3/c24-21-6-4-19(5-7-21)23-20(16-26-27-23)10-13-28-11-8-17(9-12-28)14-18-2-1-3-22(25)15-18/h1-7,14-16H,8-13H2,(H,26,27). The van der Waals surface area contributed by atoms with Crippen LogP contribution >= 0.6 is 0 Å². The smallest absolute Gasteiger partial charge is 0.123 e. The van der Waals surface area contributed by atoms with E-state index in [1.807, 2.05) is 12.3 Å². The number of rotatable bonds is 5. The number of benzene rings is 2. The number of H-pyrrole nitrogens is 1. The highest BCUT2D eigenvalue weighted by Crippen LogP contribution is 2.23. The maximum atomic E-state index is 13.3. The summed E-state index contributed by atoms with van der Waals surface area (Å²) in [5, 5.41) is 7.21. The second-order valence-electron chi connectivity index (χ2n) is 7.23. The lowest BCUT2D eigenvalue weighted by Gasteiger charge is -2.28. The predicted octanol–water partition coefficient (Wildman–Crippen LogP) is 5.08. The van der Waals surface area contributed by atoms with Crippen molar-refractivity contribution in [3.05, 3.63) is 83.1 Å². The van der Waals surface area contributed by atoms with Crippen LogP contribution in [0.2, 0.25) is 0 Å². The van der Waals surface area contributed by atoms with Crippen molar-refractivity contribution in [1.29, 1.82) is 0 Å².